The van der Waals surface area contributed by atoms with Crippen LogP contribution in [0.2, 0.25) is 0 Å². The maximum Gasteiger partial charge on any atom is 0.265 e. The number of ether oxygens (including phenoxy) is 1. The fraction of sp³-hybridized carbons (Fsp3) is 0.118. The van der Waals surface area contributed by atoms with Crippen LogP contribution in [0.5, 0.6) is 5.75 Å². The molecule has 1 heterocycles. The molecule has 3 aromatic rings. The molecule has 2 aromatic carbocycles. The topological polar surface area (TPSA) is 77.2 Å². The summed E-state index contributed by atoms with van der Waals surface area (Å²) in [6.45, 7) is 1.69. The second kappa shape index (κ2) is 7.27. The Labute approximate surface area is 147 Å². The zero-order valence-corrected chi connectivity index (χ0v) is 14.4. The summed E-state index contributed by atoms with van der Waals surface area (Å²) in [6, 6.07) is 14.4. The van der Waals surface area contributed by atoms with Crippen molar-refractivity contribution >= 4 is 27.5 Å². The quantitative estimate of drug-likeness (QED) is 0.717. The number of carbonyl (C=O) groups is 1. The van der Waals surface area contributed by atoms with Crippen LogP contribution < -0.4 is 10.1 Å². The standard InChI is InChI=1S/C17H14BrN3O3/c1-11(16(22)20-14-6-4-13(18)5-7-14)24-15-8-2-12(3-9-15)17-21-19-10-23-17/h2-11H,1H3,(H,20,22)/t11-/m1/s1. The first-order chi connectivity index (χ1) is 11.6. The Morgan fingerprint density at radius 2 is 1.88 bits per heavy atom. The van der Waals surface area contributed by atoms with Gasteiger partial charge < -0.3 is 14.5 Å². The minimum Gasteiger partial charge on any atom is -0.481 e. The van der Waals surface area contributed by atoms with E-state index in [-0.39, 0.29) is 5.91 Å². The first-order valence-corrected chi connectivity index (χ1v) is 8.01. The van der Waals surface area contributed by atoms with Crippen molar-refractivity contribution in [3.05, 3.63) is 59.4 Å². The normalized spacial score (nSPS) is 11.8. The van der Waals surface area contributed by atoms with Crippen molar-refractivity contribution in [2.24, 2.45) is 0 Å². The van der Waals surface area contributed by atoms with Gasteiger partial charge in [-0.2, -0.15) is 0 Å². The van der Waals surface area contributed by atoms with Crippen molar-refractivity contribution in [1.82, 2.24) is 10.2 Å². The van der Waals surface area contributed by atoms with Crippen molar-refractivity contribution in [3.8, 4) is 17.2 Å². The smallest absolute Gasteiger partial charge is 0.265 e. The predicted octanol–water partition coefficient (Wildman–Crippen LogP) is 3.91. The highest BCUT2D eigenvalue weighted by atomic mass is 79.9. The molecular formula is C17H14BrN3O3. The average Bonchev–Trinajstić information content (AvgIpc) is 3.12. The molecule has 3 rings (SSSR count). The highest BCUT2D eigenvalue weighted by Gasteiger charge is 2.15. The molecule has 0 fully saturated rings. The summed E-state index contributed by atoms with van der Waals surface area (Å²) in [4.78, 5) is 12.2. The number of nitrogens with one attached hydrogen (secondary N) is 1. The molecule has 0 aliphatic rings. The van der Waals surface area contributed by atoms with E-state index in [4.69, 9.17) is 9.15 Å². The molecule has 0 saturated carbocycles. The number of amides is 1. The van der Waals surface area contributed by atoms with E-state index < -0.39 is 6.10 Å². The Balaban J connectivity index is 1.60. The number of anilines is 1. The second-order valence-corrected chi connectivity index (χ2v) is 5.94. The first kappa shape index (κ1) is 16.2. The Bertz CT molecular complexity index is 802. The number of aromatic nitrogens is 2. The van der Waals surface area contributed by atoms with Gasteiger partial charge in [0.15, 0.2) is 6.10 Å². The van der Waals surface area contributed by atoms with E-state index in [0.29, 0.717) is 17.3 Å². The van der Waals surface area contributed by atoms with Gasteiger partial charge in [-0.1, -0.05) is 15.9 Å². The van der Waals surface area contributed by atoms with Crippen molar-refractivity contribution in [2.75, 3.05) is 5.32 Å². The molecule has 122 valence electrons. The Morgan fingerprint density at radius 1 is 1.17 bits per heavy atom. The van der Waals surface area contributed by atoms with E-state index in [2.05, 4.69) is 31.4 Å². The van der Waals surface area contributed by atoms with Crippen LogP contribution in [0.25, 0.3) is 11.5 Å². The summed E-state index contributed by atoms with van der Waals surface area (Å²) in [5.74, 6) is 0.789. The summed E-state index contributed by atoms with van der Waals surface area (Å²) in [5.41, 5.74) is 1.50. The minimum absolute atomic E-state index is 0.224. The lowest BCUT2D eigenvalue weighted by atomic mass is 10.2. The first-order valence-electron chi connectivity index (χ1n) is 7.21. The molecule has 0 saturated heterocycles. The molecule has 0 bridgehead atoms. The predicted molar refractivity (Wildman–Crippen MR) is 92.6 cm³/mol. The summed E-state index contributed by atoms with van der Waals surface area (Å²) in [6.07, 6.45) is 0.636. The summed E-state index contributed by atoms with van der Waals surface area (Å²) < 4.78 is 11.7. The molecule has 7 heteroatoms. The number of hydrogen-bond acceptors (Lipinski definition) is 5. The van der Waals surface area contributed by atoms with Crippen LogP contribution in [0.4, 0.5) is 5.69 Å². The number of halogens is 1. The number of benzene rings is 2. The highest BCUT2D eigenvalue weighted by Crippen LogP contribution is 2.21. The van der Waals surface area contributed by atoms with Gasteiger partial charge in [0.2, 0.25) is 12.3 Å². The van der Waals surface area contributed by atoms with Gasteiger partial charge in [0, 0.05) is 15.7 Å². The molecule has 1 N–H and O–H groups in total. The molecule has 1 aromatic heterocycles. The van der Waals surface area contributed by atoms with Gasteiger partial charge in [0.1, 0.15) is 5.75 Å². The zero-order chi connectivity index (χ0) is 16.9. The Morgan fingerprint density at radius 3 is 2.50 bits per heavy atom. The third kappa shape index (κ3) is 3.99. The van der Waals surface area contributed by atoms with Crippen LogP contribution in [0, 0.1) is 0 Å². The second-order valence-electron chi connectivity index (χ2n) is 5.02. The highest BCUT2D eigenvalue weighted by molar-refractivity contribution is 9.10. The van der Waals surface area contributed by atoms with E-state index in [1.807, 2.05) is 24.3 Å². The fourth-order valence-electron chi connectivity index (χ4n) is 2.01. The van der Waals surface area contributed by atoms with Crippen molar-refractivity contribution in [1.29, 1.82) is 0 Å². The molecule has 0 radical (unpaired) electrons. The van der Waals surface area contributed by atoms with E-state index in [0.717, 1.165) is 10.0 Å². The zero-order valence-electron chi connectivity index (χ0n) is 12.8. The maximum atomic E-state index is 12.2. The number of hydrogen-bond donors (Lipinski definition) is 1. The molecule has 6 nitrogen and oxygen atoms in total. The van der Waals surface area contributed by atoms with Gasteiger partial charge in [-0.15, -0.1) is 10.2 Å². The van der Waals surface area contributed by atoms with Crippen molar-refractivity contribution in [2.45, 2.75) is 13.0 Å². The summed E-state index contributed by atoms with van der Waals surface area (Å²) in [5, 5.41) is 10.3. The SMILES string of the molecule is C[C@@H](Oc1ccc(-c2nnco2)cc1)C(=O)Nc1ccc(Br)cc1. The van der Waals surface area contributed by atoms with Crippen molar-refractivity contribution in [3.63, 3.8) is 0 Å². The van der Waals surface area contributed by atoms with Gasteiger partial charge in [-0.05, 0) is 55.5 Å². The number of nitrogens with zero attached hydrogens (tertiary/aromatic N) is 2. The van der Waals surface area contributed by atoms with E-state index in [1.54, 1.807) is 31.2 Å². The lowest BCUT2D eigenvalue weighted by molar-refractivity contribution is -0.122. The maximum absolute atomic E-state index is 12.2. The molecule has 0 spiro atoms. The van der Waals surface area contributed by atoms with Crippen LogP contribution >= 0.6 is 15.9 Å². The molecule has 1 amide bonds. The van der Waals surface area contributed by atoms with Crippen LogP contribution in [0.3, 0.4) is 0 Å². The van der Waals surface area contributed by atoms with Gasteiger partial charge >= 0.3 is 0 Å². The van der Waals surface area contributed by atoms with Gasteiger partial charge in [0.25, 0.3) is 5.91 Å². The third-order valence-corrected chi connectivity index (χ3v) is 3.78. The molecule has 0 unspecified atom stereocenters. The van der Waals surface area contributed by atoms with Gasteiger partial charge in [0.05, 0.1) is 0 Å². The third-order valence-electron chi connectivity index (χ3n) is 3.26. The monoisotopic (exact) mass is 387 g/mol. The van der Waals surface area contributed by atoms with Crippen LogP contribution in [-0.2, 0) is 4.79 Å². The van der Waals surface area contributed by atoms with Crippen LogP contribution in [-0.4, -0.2) is 22.2 Å². The average molecular weight is 388 g/mol. The number of rotatable bonds is 5. The number of carbonyl (C=O) groups excluding carboxylic acids is 1. The molecule has 1 atom stereocenters. The lowest BCUT2D eigenvalue weighted by Gasteiger charge is -2.15. The molecule has 0 aliphatic heterocycles. The molecule has 24 heavy (non-hydrogen) atoms. The fourth-order valence-corrected chi connectivity index (χ4v) is 2.27. The summed E-state index contributed by atoms with van der Waals surface area (Å²) in [7, 11) is 0. The Kier molecular flexibility index (Phi) is 4.90. The molecular weight excluding hydrogens is 374 g/mol. The van der Waals surface area contributed by atoms with E-state index in [1.165, 1.54) is 6.39 Å². The summed E-state index contributed by atoms with van der Waals surface area (Å²) >= 11 is 3.35. The lowest BCUT2D eigenvalue weighted by Crippen LogP contribution is -2.30. The molecule has 0 aliphatic carbocycles. The Hall–Kier alpha value is -2.67. The van der Waals surface area contributed by atoms with Crippen LogP contribution in [0.1, 0.15) is 6.92 Å². The van der Waals surface area contributed by atoms with Crippen LogP contribution in [0.15, 0.2) is 63.8 Å². The van der Waals surface area contributed by atoms with Crippen molar-refractivity contribution < 1.29 is 13.9 Å². The van der Waals surface area contributed by atoms with Gasteiger partial charge in [-0.25, -0.2) is 0 Å². The minimum atomic E-state index is -0.636. The largest absolute Gasteiger partial charge is 0.481 e. The van der Waals surface area contributed by atoms with E-state index in [9.17, 15) is 4.79 Å². The van der Waals surface area contributed by atoms with E-state index >= 15 is 0 Å². The van der Waals surface area contributed by atoms with Gasteiger partial charge in [-0.3, -0.25) is 4.79 Å².